The van der Waals surface area contributed by atoms with Gasteiger partial charge >= 0.3 is 0 Å². The molecule has 2 unspecified atom stereocenters. The maximum absolute atomic E-state index is 5.93. The Kier molecular flexibility index (Phi) is 3.56. The van der Waals surface area contributed by atoms with Gasteiger partial charge in [-0.25, -0.2) is 0 Å². The molecule has 0 spiro atoms. The van der Waals surface area contributed by atoms with Gasteiger partial charge in [0.15, 0.2) is 11.5 Å². The summed E-state index contributed by atoms with van der Waals surface area (Å²) in [5, 5.41) is 3.45. The number of ether oxygens (including phenoxy) is 2. The lowest BCUT2D eigenvalue weighted by molar-refractivity contribution is 0.0672. The van der Waals surface area contributed by atoms with E-state index in [1.165, 1.54) is 12.8 Å². The highest BCUT2D eigenvalue weighted by atomic mass is 35.5. The van der Waals surface area contributed by atoms with Crippen molar-refractivity contribution in [3.8, 4) is 11.5 Å². The molecule has 1 fully saturated rings. The fourth-order valence-corrected chi connectivity index (χ4v) is 2.26. The summed E-state index contributed by atoms with van der Waals surface area (Å²) in [4.78, 5) is 0. The number of fused-ring (bicyclic) bond motifs is 1. The van der Waals surface area contributed by atoms with Crippen molar-refractivity contribution in [2.24, 2.45) is 0 Å². The van der Waals surface area contributed by atoms with Crippen molar-refractivity contribution >= 4 is 12.4 Å². The van der Waals surface area contributed by atoms with Crippen molar-refractivity contribution in [2.75, 3.05) is 13.2 Å². The first-order valence-corrected chi connectivity index (χ1v) is 5.55. The maximum Gasteiger partial charge on any atom is 0.161 e. The second kappa shape index (κ2) is 4.93. The lowest BCUT2D eigenvalue weighted by atomic mass is 10.1. The summed E-state index contributed by atoms with van der Waals surface area (Å²) in [7, 11) is 0. The fourth-order valence-electron chi connectivity index (χ4n) is 2.26. The van der Waals surface area contributed by atoms with Crippen LogP contribution in [-0.2, 0) is 0 Å². The van der Waals surface area contributed by atoms with E-state index >= 15 is 0 Å². The van der Waals surface area contributed by atoms with Gasteiger partial charge < -0.3 is 14.8 Å². The Bertz CT molecular complexity index is 353. The zero-order valence-corrected chi connectivity index (χ0v) is 9.83. The molecule has 0 radical (unpaired) electrons. The average molecular weight is 242 g/mol. The van der Waals surface area contributed by atoms with Crippen LogP contribution in [0.2, 0.25) is 0 Å². The lowest BCUT2D eigenvalue weighted by Gasteiger charge is -2.30. The summed E-state index contributed by atoms with van der Waals surface area (Å²) in [5.74, 6) is 1.74. The largest absolute Gasteiger partial charge is 0.486 e. The zero-order valence-electron chi connectivity index (χ0n) is 9.02. The molecule has 4 heteroatoms. The van der Waals surface area contributed by atoms with E-state index in [1.807, 2.05) is 24.3 Å². The Morgan fingerprint density at radius 2 is 2.00 bits per heavy atom. The molecule has 2 heterocycles. The van der Waals surface area contributed by atoms with Gasteiger partial charge in [0.2, 0.25) is 0 Å². The van der Waals surface area contributed by atoms with E-state index in [1.54, 1.807) is 0 Å². The minimum absolute atomic E-state index is 0. The Balaban J connectivity index is 0.000000963. The number of nitrogens with one attached hydrogen (secondary N) is 1. The number of para-hydroxylation sites is 2. The molecule has 2 atom stereocenters. The number of hydrogen-bond donors (Lipinski definition) is 1. The molecular formula is C12H16ClNO2. The Morgan fingerprint density at radius 3 is 2.75 bits per heavy atom. The fraction of sp³-hybridized carbons (Fsp3) is 0.500. The van der Waals surface area contributed by atoms with Gasteiger partial charge in [0.1, 0.15) is 12.7 Å². The molecule has 3 nitrogen and oxygen atoms in total. The third-order valence-electron chi connectivity index (χ3n) is 3.08. The number of benzene rings is 1. The van der Waals surface area contributed by atoms with Crippen LogP contribution in [-0.4, -0.2) is 25.3 Å². The molecule has 0 bridgehead atoms. The van der Waals surface area contributed by atoms with Gasteiger partial charge in [-0.15, -0.1) is 12.4 Å². The number of halogens is 1. The van der Waals surface area contributed by atoms with Crippen LogP contribution in [0.1, 0.15) is 12.8 Å². The molecule has 16 heavy (non-hydrogen) atoms. The predicted molar refractivity (Wildman–Crippen MR) is 64.6 cm³/mol. The maximum atomic E-state index is 5.93. The number of rotatable bonds is 1. The van der Waals surface area contributed by atoms with Crippen molar-refractivity contribution in [3.05, 3.63) is 24.3 Å². The molecule has 2 aliphatic rings. The molecule has 88 valence electrons. The van der Waals surface area contributed by atoms with Crippen molar-refractivity contribution in [3.63, 3.8) is 0 Å². The van der Waals surface area contributed by atoms with Crippen LogP contribution in [0.4, 0.5) is 0 Å². The van der Waals surface area contributed by atoms with E-state index in [0.717, 1.165) is 18.0 Å². The monoisotopic (exact) mass is 241 g/mol. The molecule has 0 saturated carbocycles. The van der Waals surface area contributed by atoms with E-state index in [0.29, 0.717) is 12.6 Å². The van der Waals surface area contributed by atoms with E-state index in [-0.39, 0.29) is 18.5 Å². The van der Waals surface area contributed by atoms with Crippen LogP contribution in [0.15, 0.2) is 24.3 Å². The normalized spacial score (nSPS) is 27.2. The van der Waals surface area contributed by atoms with Crippen molar-refractivity contribution in [2.45, 2.75) is 25.0 Å². The van der Waals surface area contributed by atoms with E-state index in [4.69, 9.17) is 9.47 Å². The summed E-state index contributed by atoms with van der Waals surface area (Å²) in [6, 6.07) is 8.32. The molecule has 1 N–H and O–H groups in total. The van der Waals surface area contributed by atoms with Gasteiger partial charge in [0.25, 0.3) is 0 Å². The molecular weight excluding hydrogens is 226 g/mol. The van der Waals surface area contributed by atoms with Gasteiger partial charge in [0.05, 0.1) is 0 Å². The van der Waals surface area contributed by atoms with Crippen LogP contribution < -0.4 is 14.8 Å². The summed E-state index contributed by atoms with van der Waals surface area (Å²) in [6.07, 6.45) is 2.60. The number of hydrogen-bond acceptors (Lipinski definition) is 3. The second-order valence-corrected chi connectivity index (χ2v) is 4.12. The first-order valence-electron chi connectivity index (χ1n) is 5.55. The molecule has 2 aliphatic heterocycles. The highest BCUT2D eigenvalue weighted by Crippen LogP contribution is 2.32. The molecule has 0 amide bonds. The SMILES string of the molecule is Cl.c1ccc2c(c1)OCC(C1CCCN1)O2. The first-order chi connectivity index (χ1) is 7.43. The zero-order chi connectivity index (χ0) is 10.1. The van der Waals surface area contributed by atoms with E-state index in [9.17, 15) is 0 Å². The quantitative estimate of drug-likeness (QED) is 0.816. The van der Waals surface area contributed by atoms with Crippen molar-refractivity contribution in [1.29, 1.82) is 0 Å². The summed E-state index contributed by atoms with van der Waals surface area (Å²) < 4.78 is 11.6. The highest BCUT2D eigenvalue weighted by Gasteiger charge is 2.30. The molecule has 3 rings (SSSR count). The first kappa shape index (κ1) is 11.6. The second-order valence-electron chi connectivity index (χ2n) is 4.12. The van der Waals surface area contributed by atoms with Gasteiger partial charge in [-0.05, 0) is 31.5 Å². The van der Waals surface area contributed by atoms with Crippen molar-refractivity contribution < 1.29 is 9.47 Å². The van der Waals surface area contributed by atoms with E-state index in [2.05, 4.69) is 5.32 Å². The van der Waals surface area contributed by atoms with Crippen LogP contribution in [0.3, 0.4) is 0 Å². The Labute approximate surface area is 102 Å². The Hall–Kier alpha value is -0.930. The van der Waals surface area contributed by atoms with Crippen LogP contribution in [0.25, 0.3) is 0 Å². The van der Waals surface area contributed by atoms with Crippen LogP contribution in [0, 0.1) is 0 Å². The molecule has 0 aromatic heterocycles. The van der Waals surface area contributed by atoms with Crippen LogP contribution >= 0.6 is 12.4 Å². The minimum atomic E-state index is 0. The Morgan fingerprint density at radius 1 is 1.19 bits per heavy atom. The summed E-state index contributed by atoms with van der Waals surface area (Å²) in [5.41, 5.74) is 0. The molecule has 1 aromatic rings. The van der Waals surface area contributed by atoms with Gasteiger partial charge in [-0.1, -0.05) is 12.1 Å². The van der Waals surface area contributed by atoms with Gasteiger partial charge in [-0.2, -0.15) is 0 Å². The predicted octanol–water partition coefficient (Wildman–Crippen LogP) is 2.00. The summed E-state index contributed by atoms with van der Waals surface area (Å²) >= 11 is 0. The smallest absolute Gasteiger partial charge is 0.161 e. The molecule has 1 saturated heterocycles. The van der Waals surface area contributed by atoms with E-state index < -0.39 is 0 Å². The lowest BCUT2D eigenvalue weighted by Crippen LogP contribution is -2.44. The average Bonchev–Trinajstić information content (AvgIpc) is 2.82. The summed E-state index contributed by atoms with van der Waals surface area (Å²) in [6.45, 7) is 1.76. The third-order valence-corrected chi connectivity index (χ3v) is 3.08. The molecule has 1 aromatic carbocycles. The third kappa shape index (κ3) is 2.11. The van der Waals surface area contributed by atoms with Crippen LogP contribution in [0.5, 0.6) is 11.5 Å². The van der Waals surface area contributed by atoms with Crippen molar-refractivity contribution in [1.82, 2.24) is 5.32 Å². The molecule has 0 aliphatic carbocycles. The topological polar surface area (TPSA) is 30.5 Å². The highest BCUT2D eigenvalue weighted by molar-refractivity contribution is 5.85. The van der Waals surface area contributed by atoms with Gasteiger partial charge in [-0.3, -0.25) is 0 Å². The van der Waals surface area contributed by atoms with Gasteiger partial charge in [0, 0.05) is 6.04 Å². The standard InChI is InChI=1S/C12H15NO2.ClH/c1-2-6-11-10(5-1)14-8-12(15-11)9-4-3-7-13-9;/h1-2,5-6,9,12-13H,3-4,7-8H2;1H. The minimum Gasteiger partial charge on any atom is -0.486 e.